The van der Waals surface area contributed by atoms with Gasteiger partial charge >= 0.3 is 6.03 Å². The van der Waals surface area contributed by atoms with Crippen LogP contribution in [0.2, 0.25) is 0 Å². The molecular formula is C20H26F2N4O4. The lowest BCUT2D eigenvalue weighted by molar-refractivity contribution is -0.139. The number of hydrogen-bond acceptors (Lipinski definition) is 5. The van der Waals surface area contributed by atoms with Crippen LogP contribution in [0.1, 0.15) is 18.0 Å². The number of halogens is 2. The average Bonchev–Trinajstić information content (AvgIpc) is 2.76. The van der Waals surface area contributed by atoms with Crippen LogP contribution in [0.15, 0.2) is 18.2 Å². The Morgan fingerprint density at radius 1 is 1.17 bits per heavy atom. The minimum absolute atomic E-state index is 0.0509. The third-order valence-electron chi connectivity index (χ3n) is 6.12. The van der Waals surface area contributed by atoms with E-state index in [2.05, 4.69) is 5.32 Å². The summed E-state index contributed by atoms with van der Waals surface area (Å²) in [5.74, 6) is -2.03. The number of carbonyl (C=O) groups excluding carboxylic acids is 2. The molecule has 1 aromatic carbocycles. The van der Waals surface area contributed by atoms with Crippen LogP contribution in [-0.4, -0.2) is 96.4 Å². The first-order chi connectivity index (χ1) is 14.5. The summed E-state index contributed by atoms with van der Waals surface area (Å²) >= 11 is 0. The van der Waals surface area contributed by atoms with Crippen molar-refractivity contribution in [3.8, 4) is 0 Å². The number of aliphatic hydroxyl groups is 1. The minimum Gasteiger partial charge on any atom is -0.394 e. The number of nitrogens with zero attached hydrogens (tertiary/aromatic N) is 3. The molecule has 8 nitrogen and oxygen atoms in total. The predicted molar refractivity (Wildman–Crippen MR) is 103 cm³/mol. The summed E-state index contributed by atoms with van der Waals surface area (Å²) in [5, 5.41) is 12.7. The Kier molecular flexibility index (Phi) is 6.16. The summed E-state index contributed by atoms with van der Waals surface area (Å²) in [6.07, 6.45) is 0.629. The smallest absolute Gasteiger partial charge is 0.320 e. The van der Waals surface area contributed by atoms with Gasteiger partial charge in [-0.2, -0.15) is 0 Å². The number of benzene rings is 1. The second-order valence-corrected chi connectivity index (χ2v) is 7.94. The molecule has 3 unspecified atom stereocenters. The van der Waals surface area contributed by atoms with Gasteiger partial charge in [0.2, 0.25) is 5.91 Å². The first-order valence-corrected chi connectivity index (χ1v) is 10.2. The fraction of sp³-hybridized carbons (Fsp3) is 0.600. The first kappa shape index (κ1) is 21.0. The van der Waals surface area contributed by atoms with E-state index in [0.717, 1.165) is 12.1 Å². The summed E-state index contributed by atoms with van der Waals surface area (Å²) in [6, 6.07) is 2.92. The van der Waals surface area contributed by atoms with Gasteiger partial charge < -0.3 is 25.0 Å². The maximum atomic E-state index is 13.6. The minimum atomic E-state index is -0.943. The molecule has 0 bridgehead atoms. The standard InChI is InChI=1S/C20H26F2N4O4/c21-14-2-1-13(9-15(14)22)17(11-27)24-5-7-25(8-6-24)20(29)26-4-3-18-16(10-26)23-19(28)12-30-18/h1-2,9,16-18,27H,3-8,10-12H2,(H,23,28). The number of hydrogen-bond donors (Lipinski definition) is 2. The topological polar surface area (TPSA) is 85.4 Å². The highest BCUT2D eigenvalue weighted by Gasteiger charge is 2.38. The van der Waals surface area contributed by atoms with E-state index in [1.54, 1.807) is 9.80 Å². The van der Waals surface area contributed by atoms with E-state index in [-0.39, 0.29) is 37.3 Å². The van der Waals surface area contributed by atoms with Crippen LogP contribution >= 0.6 is 0 Å². The monoisotopic (exact) mass is 424 g/mol. The molecule has 3 atom stereocenters. The third kappa shape index (κ3) is 4.26. The number of nitrogens with one attached hydrogen (secondary N) is 1. The van der Waals surface area contributed by atoms with Gasteiger partial charge in [-0.25, -0.2) is 13.6 Å². The van der Waals surface area contributed by atoms with Crippen LogP contribution in [0.25, 0.3) is 0 Å². The maximum absolute atomic E-state index is 13.6. The Labute approximate surface area is 173 Å². The zero-order valence-corrected chi connectivity index (χ0v) is 16.6. The van der Waals surface area contributed by atoms with E-state index >= 15 is 0 Å². The zero-order chi connectivity index (χ0) is 21.3. The number of piperazine rings is 1. The van der Waals surface area contributed by atoms with Crippen molar-refractivity contribution in [3.63, 3.8) is 0 Å². The molecule has 1 aromatic rings. The van der Waals surface area contributed by atoms with Gasteiger partial charge in [-0.15, -0.1) is 0 Å². The molecule has 0 spiro atoms. The van der Waals surface area contributed by atoms with Crippen molar-refractivity contribution < 1.29 is 28.2 Å². The largest absolute Gasteiger partial charge is 0.394 e. The molecular weight excluding hydrogens is 398 g/mol. The molecule has 3 fully saturated rings. The van der Waals surface area contributed by atoms with Crippen molar-refractivity contribution in [2.75, 3.05) is 52.5 Å². The quantitative estimate of drug-likeness (QED) is 0.731. The highest BCUT2D eigenvalue weighted by Crippen LogP contribution is 2.24. The predicted octanol–water partition coefficient (Wildman–Crippen LogP) is 0.325. The molecule has 4 rings (SSSR count). The van der Waals surface area contributed by atoms with Gasteiger partial charge in [-0.3, -0.25) is 9.69 Å². The number of morpholine rings is 1. The molecule has 3 amide bonds. The molecule has 3 heterocycles. The van der Waals surface area contributed by atoms with E-state index < -0.39 is 17.7 Å². The Bertz CT molecular complexity index is 803. The number of aliphatic hydroxyl groups excluding tert-OH is 1. The van der Waals surface area contributed by atoms with Crippen LogP contribution in [0.4, 0.5) is 13.6 Å². The number of piperidine rings is 1. The van der Waals surface area contributed by atoms with Gasteiger partial charge in [0, 0.05) is 39.3 Å². The van der Waals surface area contributed by atoms with Crippen LogP contribution in [0, 0.1) is 11.6 Å². The fourth-order valence-electron chi connectivity index (χ4n) is 4.45. The number of fused-ring (bicyclic) bond motifs is 1. The van der Waals surface area contributed by atoms with Gasteiger partial charge in [-0.05, 0) is 24.1 Å². The van der Waals surface area contributed by atoms with E-state index in [0.29, 0.717) is 51.3 Å². The fourth-order valence-corrected chi connectivity index (χ4v) is 4.45. The van der Waals surface area contributed by atoms with Crippen molar-refractivity contribution in [3.05, 3.63) is 35.4 Å². The second kappa shape index (κ2) is 8.83. The van der Waals surface area contributed by atoms with Crippen LogP contribution in [-0.2, 0) is 9.53 Å². The number of ether oxygens (including phenoxy) is 1. The first-order valence-electron chi connectivity index (χ1n) is 10.2. The van der Waals surface area contributed by atoms with E-state index in [4.69, 9.17) is 4.74 Å². The molecule has 3 aliphatic heterocycles. The number of amides is 3. The van der Waals surface area contributed by atoms with Crippen molar-refractivity contribution in [1.29, 1.82) is 0 Å². The lowest BCUT2D eigenvalue weighted by Crippen LogP contribution is -2.63. The summed E-state index contributed by atoms with van der Waals surface area (Å²) in [4.78, 5) is 30.0. The number of carbonyl (C=O) groups is 2. The van der Waals surface area contributed by atoms with Crippen LogP contribution < -0.4 is 5.32 Å². The van der Waals surface area contributed by atoms with E-state index in [1.165, 1.54) is 6.07 Å². The Morgan fingerprint density at radius 3 is 2.63 bits per heavy atom. The van der Waals surface area contributed by atoms with Gasteiger partial charge in [0.15, 0.2) is 11.6 Å². The molecule has 0 aromatic heterocycles. The Balaban J connectivity index is 1.34. The van der Waals surface area contributed by atoms with Gasteiger partial charge in [0.1, 0.15) is 6.61 Å². The van der Waals surface area contributed by atoms with Crippen LogP contribution in [0.5, 0.6) is 0 Å². The average molecular weight is 424 g/mol. The lowest BCUT2D eigenvalue weighted by Gasteiger charge is -2.44. The van der Waals surface area contributed by atoms with E-state index in [9.17, 15) is 23.5 Å². The molecule has 30 heavy (non-hydrogen) atoms. The van der Waals surface area contributed by atoms with Gasteiger partial charge in [-0.1, -0.05) is 6.07 Å². The van der Waals surface area contributed by atoms with E-state index in [1.807, 2.05) is 4.90 Å². The highest BCUT2D eigenvalue weighted by molar-refractivity contribution is 5.79. The van der Waals surface area contributed by atoms with Crippen molar-refractivity contribution in [2.45, 2.75) is 24.6 Å². The van der Waals surface area contributed by atoms with Crippen molar-refractivity contribution in [1.82, 2.24) is 20.0 Å². The lowest BCUT2D eigenvalue weighted by atomic mass is 10.0. The van der Waals surface area contributed by atoms with Crippen molar-refractivity contribution in [2.24, 2.45) is 0 Å². The Morgan fingerprint density at radius 2 is 1.93 bits per heavy atom. The summed E-state index contributed by atoms with van der Waals surface area (Å²) in [7, 11) is 0. The molecule has 164 valence electrons. The molecule has 0 radical (unpaired) electrons. The molecule has 0 aliphatic carbocycles. The number of likely N-dealkylation sites (tertiary alicyclic amines) is 1. The summed E-state index contributed by atoms with van der Waals surface area (Å²) in [5.41, 5.74) is 0.506. The summed E-state index contributed by atoms with van der Waals surface area (Å²) < 4.78 is 32.3. The molecule has 10 heteroatoms. The van der Waals surface area contributed by atoms with Gasteiger partial charge in [0.25, 0.3) is 0 Å². The van der Waals surface area contributed by atoms with Gasteiger partial charge in [0.05, 0.1) is 24.8 Å². The normalized spacial score (nSPS) is 26.2. The number of urea groups is 1. The SMILES string of the molecule is O=C1COC2CCN(C(=O)N3CCN(C(CO)c4ccc(F)c(F)c4)CC3)CC2N1. The van der Waals surface area contributed by atoms with Crippen LogP contribution in [0.3, 0.4) is 0 Å². The zero-order valence-electron chi connectivity index (χ0n) is 16.6. The van der Waals surface area contributed by atoms with Crippen molar-refractivity contribution >= 4 is 11.9 Å². The highest BCUT2D eigenvalue weighted by atomic mass is 19.2. The molecule has 2 N–H and O–H groups in total. The second-order valence-electron chi connectivity index (χ2n) is 7.94. The molecule has 3 saturated heterocycles. The Hall–Kier alpha value is -2.30. The third-order valence-corrected chi connectivity index (χ3v) is 6.12. The summed E-state index contributed by atoms with van der Waals surface area (Å²) in [6.45, 7) is 2.78. The number of rotatable bonds is 3. The maximum Gasteiger partial charge on any atom is 0.320 e. The molecule has 3 aliphatic rings. The molecule has 0 saturated carbocycles.